The van der Waals surface area contributed by atoms with Gasteiger partial charge in [0.1, 0.15) is 17.4 Å². The number of hydrogen-bond acceptors (Lipinski definition) is 5. The Balaban J connectivity index is 1.88. The number of rotatable bonds is 4. The smallest absolute Gasteiger partial charge is 0.144 e. The van der Waals surface area contributed by atoms with Gasteiger partial charge >= 0.3 is 0 Å². The molecule has 5 nitrogen and oxygen atoms in total. The van der Waals surface area contributed by atoms with E-state index in [2.05, 4.69) is 10.3 Å². The highest BCUT2D eigenvalue weighted by molar-refractivity contribution is 5.30. The molecule has 2 heterocycles. The Morgan fingerprint density at radius 2 is 2.53 bits per heavy atom. The Hall–Kier alpha value is -1.48. The monoisotopic (exact) mass is 233 g/mol. The molecular weight excluding hydrogens is 218 g/mol. The molecular formula is C12H15N3O2. The molecule has 1 aromatic heterocycles. The second kappa shape index (κ2) is 5.23. The van der Waals surface area contributed by atoms with Gasteiger partial charge in [-0.3, -0.25) is 0 Å². The van der Waals surface area contributed by atoms with Gasteiger partial charge in [-0.25, -0.2) is 4.98 Å². The Kier molecular flexibility index (Phi) is 3.69. The predicted octanol–water partition coefficient (Wildman–Crippen LogP) is 0.194. The van der Waals surface area contributed by atoms with Gasteiger partial charge in [0.25, 0.3) is 0 Å². The van der Waals surface area contributed by atoms with E-state index in [1.54, 1.807) is 12.3 Å². The third-order valence-corrected chi connectivity index (χ3v) is 2.85. The lowest BCUT2D eigenvalue weighted by molar-refractivity contribution is 0.0268. The third-order valence-electron chi connectivity index (χ3n) is 2.85. The molecule has 1 aromatic rings. The molecule has 0 aromatic carbocycles. The summed E-state index contributed by atoms with van der Waals surface area (Å²) < 4.78 is 5.15. The van der Waals surface area contributed by atoms with Crippen molar-refractivity contribution in [1.82, 2.24) is 10.3 Å². The molecule has 0 bridgehead atoms. The quantitative estimate of drug-likeness (QED) is 0.776. The minimum absolute atomic E-state index is 0.373. The molecule has 1 saturated heterocycles. The summed E-state index contributed by atoms with van der Waals surface area (Å²) in [6.07, 6.45) is 2.25. The molecule has 2 rings (SSSR count). The van der Waals surface area contributed by atoms with Crippen molar-refractivity contribution < 1.29 is 9.84 Å². The van der Waals surface area contributed by atoms with Crippen LogP contribution in [0.5, 0.6) is 0 Å². The minimum atomic E-state index is -0.769. The molecule has 5 heteroatoms. The van der Waals surface area contributed by atoms with Crippen molar-refractivity contribution in [2.24, 2.45) is 0 Å². The van der Waals surface area contributed by atoms with E-state index >= 15 is 0 Å². The van der Waals surface area contributed by atoms with Gasteiger partial charge in [-0.15, -0.1) is 0 Å². The lowest BCUT2D eigenvalue weighted by Gasteiger charge is -2.20. The number of hydrogen-bond donors (Lipinski definition) is 2. The summed E-state index contributed by atoms with van der Waals surface area (Å²) in [5.74, 6) is 0. The van der Waals surface area contributed by atoms with Crippen LogP contribution in [0.2, 0.25) is 0 Å². The Morgan fingerprint density at radius 3 is 3.24 bits per heavy atom. The highest BCUT2D eigenvalue weighted by Gasteiger charge is 2.31. The van der Waals surface area contributed by atoms with E-state index in [0.29, 0.717) is 38.4 Å². The van der Waals surface area contributed by atoms with Crippen LogP contribution in [0.3, 0.4) is 0 Å². The van der Waals surface area contributed by atoms with E-state index in [9.17, 15) is 5.11 Å². The van der Waals surface area contributed by atoms with E-state index in [1.165, 1.54) is 0 Å². The maximum atomic E-state index is 10.0. The van der Waals surface area contributed by atoms with E-state index in [0.717, 1.165) is 5.56 Å². The maximum absolute atomic E-state index is 10.0. The standard InChI is InChI=1S/C12H15N3O2/c13-6-11-10(2-1-4-15-11)7-14-8-12(16)3-5-17-9-12/h1-2,4,14,16H,3,5,7-9H2. The molecule has 1 aliphatic heterocycles. The third kappa shape index (κ3) is 3.01. The van der Waals surface area contributed by atoms with Gasteiger partial charge in [-0.1, -0.05) is 6.07 Å². The van der Waals surface area contributed by atoms with Crippen LogP contribution < -0.4 is 5.32 Å². The molecule has 1 fully saturated rings. The summed E-state index contributed by atoms with van der Waals surface area (Å²) in [7, 11) is 0. The van der Waals surface area contributed by atoms with Crippen molar-refractivity contribution >= 4 is 0 Å². The summed E-state index contributed by atoms with van der Waals surface area (Å²) in [5, 5.41) is 22.0. The molecule has 17 heavy (non-hydrogen) atoms. The first-order valence-corrected chi connectivity index (χ1v) is 5.58. The maximum Gasteiger partial charge on any atom is 0.144 e. The van der Waals surface area contributed by atoms with Crippen molar-refractivity contribution in [1.29, 1.82) is 5.26 Å². The number of nitrogens with zero attached hydrogens (tertiary/aromatic N) is 2. The van der Waals surface area contributed by atoms with Crippen molar-refractivity contribution in [2.75, 3.05) is 19.8 Å². The first kappa shape index (κ1) is 12.0. The zero-order valence-electron chi connectivity index (χ0n) is 9.52. The highest BCUT2D eigenvalue weighted by atomic mass is 16.5. The van der Waals surface area contributed by atoms with Crippen LogP contribution in [0.4, 0.5) is 0 Å². The number of ether oxygens (including phenoxy) is 1. The zero-order valence-corrected chi connectivity index (χ0v) is 9.52. The lowest BCUT2D eigenvalue weighted by atomic mass is 10.0. The number of nitriles is 1. The number of aliphatic hydroxyl groups is 1. The number of aromatic nitrogens is 1. The Labute approximate surface area is 100 Å². The fourth-order valence-electron chi connectivity index (χ4n) is 1.85. The van der Waals surface area contributed by atoms with E-state index in [1.807, 2.05) is 12.1 Å². The Morgan fingerprint density at radius 1 is 1.65 bits per heavy atom. The van der Waals surface area contributed by atoms with Gasteiger partial charge in [0.15, 0.2) is 0 Å². The van der Waals surface area contributed by atoms with Crippen LogP contribution in [0.1, 0.15) is 17.7 Å². The molecule has 0 amide bonds. The van der Waals surface area contributed by atoms with Crippen LogP contribution in [0.25, 0.3) is 0 Å². The summed E-state index contributed by atoms with van der Waals surface area (Å²) in [4.78, 5) is 3.98. The summed E-state index contributed by atoms with van der Waals surface area (Å²) in [6, 6.07) is 5.70. The van der Waals surface area contributed by atoms with Crippen molar-refractivity contribution in [3.8, 4) is 6.07 Å². The van der Waals surface area contributed by atoms with E-state index in [-0.39, 0.29) is 0 Å². The normalized spacial score (nSPS) is 23.5. The van der Waals surface area contributed by atoms with Crippen molar-refractivity contribution in [2.45, 2.75) is 18.6 Å². The topological polar surface area (TPSA) is 78.2 Å². The van der Waals surface area contributed by atoms with Crippen LogP contribution in [-0.2, 0) is 11.3 Å². The van der Waals surface area contributed by atoms with Gasteiger partial charge in [0.2, 0.25) is 0 Å². The molecule has 1 aliphatic rings. The molecule has 2 N–H and O–H groups in total. The van der Waals surface area contributed by atoms with Gasteiger partial charge in [-0.05, 0) is 6.07 Å². The fourth-order valence-corrected chi connectivity index (χ4v) is 1.85. The predicted molar refractivity (Wildman–Crippen MR) is 61.0 cm³/mol. The molecule has 1 atom stereocenters. The van der Waals surface area contributed by atoms with E-state index in [4.69, 9.17) is 10.00 Å². The first-order valence-electron chi connectivity index (χ1n) is 5.58. The largest absolute Gasteiger partial charge is 0.386 e. The zero-order chi connectivity index (χ0) is 12.1. The second-order valence-electron chi connectivity index (χ2n) is 4.25. The molecule has 0 radical (unpaired) electrons. The van der Waals surface area contributed by atoms with Gasteiger partial charge < -0.3 is 15.2 Å². The highest BCUT2D eigenvalue weighted by Crippen LogP contribution is 2.17. The fraction of sp³-hybridized carbons (Fsp3) is 0.500. The van der Waals surface area contributed by atoms with Gasteiger partial charge in [0.05, 0.1) is 6.61 Å². The van der Waals surface area contributed by atoms with Crippen LogP contribution in [0.15, 0.2) is 18.3 Å². The average Bonchev–Trinajstić information content (AvgIpc) is 2.77. The molecule has 1 unspecified atom stereocenters. The summed E-state index contributed by atoms with van der Waals surface area (Å²) in [6.45, 7) is 1.97. The van der Waals surface area contributed by atoms with E-state index < -0.39 is 5.60 Å². The summed E-state index contributed by atoms with van der Waals surface area (Å²) >= 11 is 0. The minimum Gasteiger partial charge on any atom is -0.386 e. The van der Waals surface area contributed by atoms with Crippen LogP contribution in [0, 0.1) is 11.3 Å². The first-order chi connectivity index (χ1) is 8.23. The van der Waals surface area contributed by atoms with Gasteiger partial charge in [-0.2, -0.15) is 5.26 Å². The number of pyridine rings is 1. The lowest BCUT2D eigenvalue weighted by Crippen LogP contribution is -2.40. The van der Waals surface area contributed by atoms with Crippen LogP contribution >= 0.6 is 0 Å². The van der Waals surface area contributed by atoms with Crippen molar-refractivity contribution in [3.63, 3.8) is 0 Å². The average molecular weight is 233 g/mol. The molecule has 0 spiro atoms. The molecule has 90 valence electrons. The SMILES string of the molecule is N#Cc1ncccc1CNCC1(O)CCOC1. The molecule has 0 aliphatic carbocycles. The molecule has 0 saturated carbocycles. The van der Waals surface area contributed by atoms with Gasteiger partial charge in [0, 0.05) is 37.9 Å². The Bertz CT molecular complexity index is 422. The second-order valence-corrected chi connectivity index (χ2v) is 4.25. The van der Waals surface area contributed by atoms with Crippen LogP contribution in [-0.4, -0.2) is 35.5 Å². The summed E-state index contributed by atoms with van der Waals surface area (Å²) in [5.41, 5.74) is 0.502. The number of nitrogens with one attached hydrogen (secondary N) is 1. The van der Waals surface area contributed by atoms with Crippen molar-refractivity contribution in [3.05, 3.63) is 29.6 Å².